The largest absolute Gasteiger partial charge is 0.285 e. The number of hydrogen-bond donors (Lipinski definition) is 0. The molecule has 0 bridgehead atoms. The smallest absolute Gasteiger partial charge is 0.230 e. The number of benzene rings is 1. The fourth-order valence-electron chi connectivity index (χ4n) is 1.94. The van der Waals surface area contributed by atoms with Gasteiger partial charge in [0.15, 0.2) is 0 Å². The van der Waals surface area contributed by atoms with Crippen LogP contribution >= 0.6 is 0 Å². The van der Waals surface area contributed by atoms with Crippen LogP contribution in [0, 0.1) is 6.92 Å². The summed E-state index contributed by atoms with van der Waals surface area (Å²) in [5.41, 5.74) is 1.51. The van der Waals surface area contributed by atoms with Crippen molar-refractivity contribution in [3.63, 3.8) is 0 Å². The van der Waals surface area contributed by atoms with E-state index in [0.29, 0.717) is 5.56 Å². The number of fused-ring (bicyclic) bond motifs is 1. The Kier molecular flexibility index (Phi) is 2.76. The molecule has 2 aromatic heterocycles. The van der Waals surface area contributed by atoms with Crippen molar-refractivity contribution in [3.8, 4) is 0 Å². The Hall–Kier alpha value is -2.62. The molecule has 0 atom stereocenters. The second kappa shape index (κ2) is 4.57. The van der Waals surface area contributed by atoms with E-state index in [0.717, 1.165) is 16.3 Å². The fourth-order valence-corrected chi connectivity index (χ4v) is 1.94. The average Bonchev–Trinajstić information content (AvgIpc) is 2.47. The number of carbonyl (C=O) groups is 1. The highest BCUT2D eigenvalue weighted by Gasteiger charge is 2.14. The van der Waals surface area contributed by atoms with Crippen LogP contribution in [0.4, 0.5) is 0 Å². The van der Waals surface area contributed by atoms with Crippen LogP contribution in [0.25, 0.3) is 10.8 Å². The van der Waals surface area contributed by atoms with Crippen molar-refractivity contribution in [1.29, 1.82) is 0 Å². The van der Waals surface area contributed by atoms with Crippen molar-refractivity contribution in [2.75, 3.05) is 0 Å². The molecule has 3 rings (SSSR count). The zero-order chi connectivity index (χ0) is 13.2. The molecule has 0 amide bonds. The van der Waals surface area contributed by atoms with Crippen molar-refractivity contribution < 1.29 is 4.79 Å². The maximum Gasteiger partial charge on any atom is 0.230 e. The van der Waals surface area contributed by atoms with Gasteiger partial charge in [0.2, 0.25) is 11.6 Å². The van der Waals surface area contributed by atoms with Crippen molar-refractivity contribution in [1.82, 2.24) is 15.0 Å². The molecule has 2 heterocycles. The van der Waals surface area contributed by atoms with Gasteiger partial charge in [0.25, 0.3) is 0 Å². The van der Waals surface area contributed by atoms with Gasteiger partial charge in [-0.05, 0) is 23.9 Å². The van der Waals surface area contributed by atoms with Crippen LogP contribution < -0.4 is 0 Å². The average molecular weight is 249 g/mol. The summed E-state index contributed by atoms with van der Waals surface area (Å²) >= 11 is 0. The first-order chi connectivity index (χ1) is 9.25. The number of nitrogens with zero attached hydrogens (tertiary/aromatic N) is 3. The number of aromatic nitrogens is 3. The zero-order valence-corrected chi connectivity index (χ0v) is 10.4. The first-order valence-corrected chi connectivity index (χ1v) is 5.92. The molecule has 0 aliphatic carbocycles. The summed E-state index contributed by atoms with van der Waals surface area (Å²) in [4.78, 5) is 24.7. The molecular formula is C15H11N3O. The normalized spacial score (nSPS) is 10.6. The molecule has 0 unspecified atom stereocenters. The van der Waals surface area contributed by atoms with Crippen LogP contribution in [-0.4, -0.2) is 20.7 Å². The quantitative estimate of drug-likeness (QED) is 0.655. The van der Waals surface area contributed by atoms with Crippen LogP contribution in [0.1, 0.15) is 21.7 Å². The van der Waals surface area contributed by atoms with Gasteiger partial charge >= 0.3 is 0 Å². The predicted octanol–water partition coefficient (Wildman–Crippen LogP) is 2.56. The summed E-state index contributed by atoms with van der Waals surface area (Å²) in [7, 11) is 0. The second-order valence-electron chi connectivity index (χ2n) is 4.32. The second-order valence-corrected chi connectivity index (χ2v) is 4.32. The van der Waals surface area contributed by atoms with E-state index in [1.54, 1.807) is 30.9 Å². The lowest BCUT2D eigenvalue weighted by Gasteiger charge is -2.04. The number of hydrogen-bond acceptors (Lipinski definition) is 4. The molecule has 0 N–H and O–H groups in total. The fraction of sp³-hybridized carbons (Fsp3) is 0.0667. The van der Waals surface area contributed by atoms with E-state index in [2.05, 4.69) is 15.0 Å². The first-order valence-electron chi connectivity index (χ1n) is 5.92. The lowest BCUT2D eigenvalue weighted by Crippen LogP contribution is -2.07. The van der Waals surface area contributed by atoms with Crippen molar-refractivity contribution in [2.45, 2.75) is 6.92 Å². The van der Waals surface area contributed by atoms with Crippen LogP contribution in [0.3, 0.4) is 0 Å². The third-order valence-electron chi connectivity index (χ3n) is 2.91. The minimum absolute atomic E-state index is 0.182. The first kappa shape index (κ1) is 11.5. The molecule has 1 aromatic carbocycles. The zero-order valence-electron chi connectivity index (χ0n) is 10.4. The van der Waals surface area contributed by atoms with Crippen LogP contribution in [0.5, 0.6) is 0 Å². The molecule has 19 heavy (non-hydrogen) atoms. The van der Waals surface area contributed by atoms with Crippen molar-refractivity contribution in [2.24, 2.45) is 0 Å². The molecule has 0 saturated heterocycles. The van der Waals surface area contributed by atoms with E-state index in [4.69, 9.17) is 0 Å². The molecule has 0 fully saturated rings. The van der Waals surface area contributed by atoms with Gasteiger partial charge in [-0.2, -0.15) is 0 Å². The predicted molar refractivity (Wildman–Crippen MR) is 71.9 cm³/mol. The molecule has 0 aliphatic heterocycles. The van der Waals surface area contributed by atoms with Gasteiger partial charge < -0.3 is 0 Å². The molecular weight excluding hydrogens is 238 g/mol. The van der Waals surface area contributed by atoms with Crippen molar-refractivity contribution in [3.05, 3.63) is 66.0 Å². The van der Waals surface area contributed by atoms with E-state index in [-0.39, 0.29) is 11.6 Å². The van der Waals surface area contributed by atoms with Gasteiger partial charge in [-0.25, -0.2) is 9.97 Å². The lowest BCUT2D eigenvalue weighted by molar-refractivity contribution is 0.103. The highest BCUT2D eigenvalue weighted by Crippen LogP contribution is 2.19. The molecule has 0 aliphatic rings. The summed E-state index contributed by atoms with van der Waals surface area (Å²) in [5.74, 6) is 0.0283. The Labute approximate surface area is 110 Å². The summed E-state index contributed by atoms with van der Waals surface area (Å²) in [6, 6.07) is 7.45. The molecule has 0 saturated carbocycles. The maximum absolute atomic E-state index is 12.4. The summed E-state index contributed by atoms with van der Waals surface area (Å²) < 4.78 is 0. The highest BCUT2D eigenvalue weighted by molar-refractivity contribution is 6.14. The third-order valence-corrected chi connectivity index (χ3v) is 2.91. The molecule has 4 nitrogen and oxygen atoms in total. The third kappa shape index (κ3) is 2.08. The van der Waals surface area contributed by atoms with Gasteiger partial charge in [-0.1, -0.05) is 18.2 Å². The van der Waals surface area contributed by atoms with E-state index < -0.39 is 0 Å². The van der Waals surface area contributed by atoms with E-state index in [9.17, 15) is 4.79 Å². The summed E-state index contributed by atoms with van der Waals surface area (Å²) in [5, 5.41) is 1.80. The van der Waals surface area contributed by atoms with E-state index in [1.165, 1.54) is 0 Å². The van der Waals surface area contributed by atoms with Crippen molar-refractivity contribution >= 4 is 16.6 Å². The Morgan fingerprint density at radius 2 is 1.84 bits per heavy atom. The van der Waals surface area contributed by atoms with Crippen LogP contribution in [-0.2, 0) is 0 Å². The molecule has 0 radical (unpaired) electrons. The van der Waals surface area contributed by atoms with E-state index in [1.807, 2.05) is 25.1 Å². The van der Waals surface area contributed by atoms with Gasteiger partial charge in [-0.15, -0.1) is 0 Å². The SMILES string of the molecule is Cc1cnc(C(=O)c2cccc3ccncc23)nc1. The Bertz CT molecular complexity index is 745. The Balaban J connectivity index is 2.14. The Morgan fingerprint density at radius 1 is 1.05 bits per heavy atom. The highest BCUT2D eigenvalue weighted by atomic mass is 16.1. The monoisotopic (exact) mass is 249 g/mol. The molecule has 4 heteroatoms. The molecule has 0 spiro atoms. The standard InChI is InChI=1S/C15H11N3O/c1-10-7-17-15(18-8-10)14(19)12-4-2-3-11-5-6-16-9-13(11)12/h2-9H,1H3. The van der Waals surface area contributed by atoms with Gasteiger partial charge in [-0.3, -0.25) is 9.78 Å². The number of pyridine rings is 1. The molecule has 3 aromatic rings. The van der Waals surface area contributed by atoms with Gasteiger partial charge in [0.1, 0.15) is 0 Å². The molecule has 92 valence electrons. The lowest BCUT2D eigenvalue weighted by atomic mass is 10.0. The van der Waals surface area contributed by atoms with Crippen LogP contribution in [0.2, 0.25) is 0 Å². The number of aryl methyl sites for hydroxylation is 1. The minimum atomic E-state index is -0.182. The summed E-state index contributed by atoms with van der Waals surface area (Å²) in [6.07, 6.45) is 6.68. The Morgan fingerprint density at radius 3 is 2.63 bits per heavy atom. The minimum Gasteiger partial charge on any atom is -0.285 e. The van der Waals surface area contributed by atoms with E-state index >= 15 is 0 Å². The number of rotatable bonds is 2. The maximum atomic E-state index is 12.4. The summed E-state index contributed by atoms with van der Waals surface area (Å²) in [6.45, 7) is 1.89. The number of ketones is 1. The topological polar surface area (TPSA) is 55.7 Å². The number of carbonyl (C=O) groups excluding carboxylic acids is 1. The van der Waals surface area contributed by atoms with Crippen LogP contribution in [0.15, 0.2) is 49.1 Å². The van der Waals surface area contributed by atoms with Gasteiger partial charge in [0, 0.05) is 35.7 Å². The van der Waals surface area contributed by atoms with Gasteiger partial charge in [0.05, 0.1) is 0 Å².